The molecule has 4 nitrogen and oxygen atoms in total. The van der Waals surface area contributed by atoms with Gasteiger partial charge in [-0.05, 0) is 49.4 Å². The number of aryl methyl sites for hydroxylation is 1. The fourth-order valence-electron chi connectivity index (χ4n) is 2.57. The van der Waals surface area contributed by atoms with Gasteiger partial charge >= 0.3 is 0 Å². The number of halogens is 2. The van der Waals surface area contributed by atoms with Gasteiger partial charge in [-0.2, -0.15) is 5.10 Å². The summed E-state index contributed by atoms with van der Waals surface area (Å²) in [5.74, 6) is -0.275. The van der Waals surface area contributed by atoms with E-state index in [0.717, 1.165) is 31.4 Å². The molecule has 0 aliphatic heterocycles. The van der Waals surface area contributed by atoms with Crippen LogP contribution in [0.15, 0.2) is 68.6 Å². The number of fused-ring (bicyclic) bond motifs is 1. The molecule has 1 N–H and O–H groups in total. The Morgan fingerprint density at radius 2 is 2.00 bits per heavy atom. The third-order valence-corrected chi connectivity index (χ3v) is 5.32. The second-order valence-electron chi connectivity index (χ2n) is 5.74. The van der Waals surface area contributed by atoms with Crippen LogP contribution in [0.25, 0.3) is 10.9 Å². The van der Waals surface area contributed by atoms with Crippen LogP contribution < -0.4 is 4.80 Å². The predicted molar refractivity (Wildman–Crippen MR) is 108 cm³/mol. The summed E-state index contributed by atoms with van der Waals surface area (Å²) in [6.07, 6.45) is 3.74. The van der Waals surface area contributed by atoms with Crippen LogP contribution >= 0.6 is 27.3 Å². The molecular formula is C19H14BrFN4S. The monoisotopic (exact) mass is 428 g/mol. The summed E-state index contributed by atoms with van der Waals surface area (Å²) in [5, 5.41) is 7.68. The molecule has 2 aromatic heterocycles. The maximum absolute atomic E-state index is 13.1. The van der Waals surface area contributed by atoms with Gasteiger partial charge in [0.15, 0.2) is 0 Å². The molecule has 0 unspecified atom stereocenters. The minimum Gasteiger partial charge on any atom is -0.361 e. The number of hydrogen-bond acceptors (Lipinski definition) is 3. The molecule has 0 bridgehead atoms. The SMILES string of the molecule is Cc1csc(=Nc2ccc(F)cc2)n1N=Cc1c[nH]c2ccc(Br)cc12. The van der Waals surface area contributed by atoms with Crippen molar-refractivity contribution in [2.45, 2.75) is 6.92 Å². The van der Waals surface area contributed by atoms with E-state index >= 15 is 0 Å². The number of nitrogens with zero attached hydrogens (tertiary/aromatic N) is 3. The van der Waals surface area contributed by atoms with Crippen molar-refractivity contribution in [1.82, 2.24) is 9.66 Å². The number of H-pyrrole nitrogens is 1. The molecule has 4 rings (SSSR count). The lowest BCUT2D eigenvalue weighted by atomic mass is 10.2. The Labute approximate surface area is 161 Å². The predicted octanol–water partition coefficient (Wildman–Crippen LogP) is 5.36. The van der Waals surface area contributed by atoms with Gasteiger partial charge in [0, 0.05) is 32.5 Å². The maximum Gasteiger partial charge on any atom is 0.211 e. The molecule has 0 saturated heterocycles. The zero-order valence-corrected chi connectivity index (χ0v) is 16.2. The molecule has 130 valence electrons. The van der Waals surface area contributed by atoms with E-state index in [-0.39, 0.29) is 5.82 Å². The zero-order chi connectivity index (χ0) is 18.1. The quantitative estimate of drug-likeness (QED) is 0.427. The average Bonchev–Trinajstić information content (AvgIpc) is 3.18. The van der Waals surface area contributed by atoms with Gasteiger partial charge in [0.25, 0.3) is 0 Å². The van der Waals surface area contributed by atoms with Crippen molar-refractivity contribution in [3.05, 3.63) is 80.4 Å². The highest BCUT2D eigenvalue weighted by Gasteiger charge is 2.04. The van der Waals surface area contributed by atoms with Crippen LogP contribution in [0.1, 0.15) is 11.3 Å². The van der Waals surface area contributed by atoms with E-state index in [9.17, 15) is 4.39 Å². The third kappa shape index (κ3) is 3.40. The number of nitrogens with one attached hydrogen (secondary N) is 1. The second-order valence-corrected chi connectivity index (χ2v) is 7.49. The van der Waals surface area contributed by atoms with Gasteiger partial charge in [-0.3, -0.25) is 0 Å². The fraction of sp³-hybridized carbons (Fsp3) is 0.0526. The highest BCUT2D eigenvalue weighted by Crippen LogP contribution is 2.21. The Morgan fingerprint density at radius 1 is 1.19 bits per heavy atom. The lowest BCUT2D eigenvalue weighted by molar-refractivity contribution is 0.628. The Kier molecular flexibility index (Phi) is 4.57. The normalized spacial score (nSPS) is 12.5. The van der Waals surface area contributed by atoms with Crippen LogP contribution in [-0.2, 0) is 0 Å². The van der Waals surface area contributed by atoms with Gasteiger partial charge in [0.2, 0.25) is 4.80 Å². The standard InChI is InChI=1S/C19H14BrFN4S/c1-12-11-26-19(24-16-5-3-15(21)4-6-16)25(12)23-10-13-9-22-18-7-2-14(20)8-17(13)18/h2-11,22H,1H3. The van der Waals surface area contributed by atoms with Gasteiger partial charge in [0.1, 0.15) is 5.82 Å². The Morgan fingerprint density at radius 3 is 2.81 bits per heavy atom. The summed E-state index contributed by atoms with van der Waals surface area (Å²) in [6.45, 7) is 1.98. The largest absolute Gasteiger partial charge is 0.361 e. The van der Waals surface area contributed by atoms with E-state index in [2.05, 4.69) is 37.1 Å². The highest BCUT2D eigenvalue weighted by molar-refractivity contribution is 9.10. The van der Waals surface area contributed by atoms with Gasteiger partial charge in [-0.25, -0.2) is 14.1 Å². The highest BCUT2D eigenvalue weighted by atomic mass is 79.9. The molecule has 2 heterocycles. The summed E-state index contributed by atoms with van der Waals surface area (Å²) >= 11 is 4.99. The first-order valence-corrected chi connectivity index (χ1v) is 9.56. The fourth-order valence-corrected chi connectivity index (χ4v) is 3.76. The number of aromatic amines is 1. The van der Waals surface area contributed by atoms with Crippen molar-refractivity contribution in [3.8, 4) is 0 Å². The van der Waals surface area contributed by atoms with Crippen LogP contribution in [0.3, 0.4) is 0 Å². The van der Waals surface area contributed by atoms with Gasteiger partial charge < -0.3 is 4.98 Å². The first kappa shape index (κ1) is 16.9. The summed E-state index contributed by atoms with van der Waals surface area (Å²) in [6, 6.07) is 12.2. The minimum atomic E-state index is -0.275. The van der Waals surface area contributed by atoms with Crippen molar-refractivity contribution in [3.63, 3.8) is 0 Å². The van der Waals surface area contributed by atoms with E-state index in [1.54, 1.807) is 16.8 Å². The van der Waals surface area contributed by atoms with Crippen LogP contribution in [0.4, 0.5) is 10.1 Å². The number of benzene rings is 2. The lowest BCUT2D eigenvalue weighted by Crippen LogP contribution is -2.11. The molecule has 4 aromatic rings. The molecule has 0 spiro atoms. The Balaban J connectivity index is 1.74. The summed E-state index contributed by atoms with van der Waals surface area (Å²) in [7, 11) is 0. The van der Waals surface area contributed by atoms with Gasteiger partial charge in [-0.1, -0.05) is 15.9 Å². The van der Waals surface area contributed by atoms with Crippen LogP contribution in [-0.4, -0.2) is 15.9 Å². The molecule has 0 fully saturated rings. The molecular weight excluding hydrogens is 415 g/mol. The van der Waals surface area contributed by atoms with Crippen LogP contribution in [0, 0.1) is 12.7 Å². The maximum atomic E-state index is 13.1. The Hall–Kier alpha value is -2.51. The first-order chi connectivity index (χ1) is 12.6. The topological polar surface area (TPSA) is 45.4 Å². The lowest BCUT2D eigenvalue weighted by Gasteiger charge is -1.98. The first-order valence-electron chi connectivity index (χ1n) is 7.88. The second kappa shape index (κ2) is 7.01. The molecule has 7 heteroatoms. The summed E-state index contributed by atoms with van der Waals surface area (Å²) in [5.41, 5.74) is 3.71. The average molecular weight is 429 g/mol. The third-order valence-electron chi connectivity index (χ3n) is 3.89. The zero-order valence-electron chi connectivity index (χ0n) is 13.8. The van der Waals surface area contributed by atoms with Crippen molar-refractivity contribution in [2.75, 3.05) is 0 Å². The number of hydrogen-bond donors (Lipinski definition) is 1. The van der Waals surface area contributed by atoms with Gasteiger partial charge in [0.05, 0.1) is 17.6 Å². The van der Waals surface area contributed by atoms with Crippen molar-refractivity contribution in [2.24, 2.45) is 10.1 Å². The van der Waals surface area contributed by atoms with Crippen molar-refractivity contribution in [1.29, 1.82) is 0 Å². The van der Waals surface area contributed by atoms with Crippen LogP contribution in [0.5, 0.6) is 0 Å². The van der Waals surface area contributed by atoms with Crippen molar-refractivity contribution < 1.29 is 4.39 Å². The summed E-state index contributed by atoms with van der Waals surface area (Å²) in [4.78, 5) is 8.54. The molecule has 0 aliphatic rings. The molecule has 0 amide bonds. The number of thiazole rings is 1. The molecule has 2 aromatic carbocycles. The number of aromatic nitrogens is 2. The van der Waals surface area contributed by atoms with E-state index in [1.807, 2.05) is 36.8 Å². The number of rotatable bonds is 3. The summed E-state index contributed by atoms with van der Waals surface area (Å²) < 4.78 is 15.9. The van der Waals surface area contributed by atoms with E-state index in [4.69, 9.17) is 0 Å². The molecule has 0 radical (unpaired) electrons. The Bertz CT molecular complexity index is 1170. The van der Waals surface area contributed by atoms with E-state index in [1.165, 1.54) is 23.5 Å². The molecule has 0 saturated carbocycles. The minimum absolute atomic E-state index is 0.275. The van der Waals surface area contributed by atoms with Crippen molar-refractivity contribution >= 4 is 50.1 Å². The van der Waals surface area contributed by atoms with Gasteiger partial charge in [-0.15, -0.1) is 11.3 Å². The molecule has 0 aliphatic carbocycles. The smallest absolute Gasteiger partial charge is 0.211 e. The van der Waals surface area contributed by atoms with Crippen LogP contribution in [0.2, 0.25) is 0 Å². The molecule has 0 atom stereocenters. The van der Waals surface area contributed by atoms with E-state index in [0.29, 0.717) is 5.69 Å². The van der Waals surface area contributed by atoms with E-state index < -0.39 is 0 Å². The molecule has 26 heavy (non-hydrogen) atoms.